The van der Waals surface area contributed by atoms with E-state index >= 15 is 0 Å². The van der Waals surface area contributed by atoms with Crippen LogP contribution in [-0.4, -0.2) is 16.2 Å². The van der Waals surface area contributed by atoms with Gasteiger partial charge in [-0.1, -0.05) is 48.1 Å². The molecule has 0 saturated heterocycles. The van der Waals surface area contributed by atoms with Crippen LogP contribution < -0.4 is 17.0 Å². The van der Waals surface area contributed by atoms with Crippen LogP contribution in [0.1, 0.15) is 40.4 Å². The number of nitrogens with two attached hydrogens (primary N) is 1. The van der Waals surface area contributed by atoms with Crippen LogP contribution in [0.4, 0.5) is 5.69 Å². The summed E-state index contributed by atoms with van der Waals surface area (Å²) in [6, 6.07) is 13.5. The molecular formula is C25H27N3O3. The third-order valence-corrected chi connectivity index (χ3v) is 4.96. The van der Waals surface area contributed by atoms with E-state index in [0.717, 1.165) is 22.3 Å². The van der Waals surface area contributed by atoms with Crippen molar-refractivity contribution in [2.45, 2.75) is 40.3 Å². The van der Waals surface area contributed by atoms with Crippen molar-refractivity contribution >= 4 is 5.69 Å². The maximum Gasteiger partial charge on any atom is 0.330 e. The van der Waals surface area contributed by atoms with E-state index in [0.29, 0.717) is 29.8 Å². The van der Waals surface area contributed by atoms with Crippen molar-refractivity contribution in [1.29, 1.82) is 0 Å². The molecule has 0 amide bonds. The van der Waals surface area contributed by atoms with Crippen molar-refractivity contribution in [1.82, 2.24) is 9.55 Å². The summed E-state index contributed by atoms with van der Waals surface area (Å²) in [6.07, 6.45) is 0.998. The summed E-state index contributed by atoms with van der Waals surface area (Å²) in [5, 5.41) is 0. The average Bonchev–Trinajstić information content (AvgIpc) is 2.70. The third-order valence-electron chi connectivity index (χ3n) is 4.96. The smallest absolute Gasteiger partial charge is 0.330 e. The molecule has 0 unspecified atom stereocenters. The number of hydrogen-bond donors (Lipinski definition) is 2. The van der Waals surface area contributed by atoms with Crippen LogP contribution in [0.5, 0.6) is 0 Å². The van der Waals surface area contributed by atoms with Gasteiger partial charge in [0, 0.05) is 28.9 Å². The molecule has 0 aliphatic carbocycles. The van der Waals surface area contributed by atoms with E-state index in [2.05, 4.69) is 35.0 Å². The maximum absolute atomic E-state index is 12.5. The van der Waals surface area contributed by atoms with Crippen molar-refractivity contribution in [3.63, 3.8) is 0 Å². The zero-order valence-corrected chi connectivity index (χ0v) is 18.1. The van der Waals surface area contributed by atoms with E-state index in [4.69, 9.17) is 10.5 Å². The van der Waals surface area contributed by atoms with Gasteiger partial charge < -0.3 is 10.5 Å². The second-order valence-corrected chi connectivity index (χ2v) is 7.54. The lowest BCUT2D eigenvalue weighted by Crippen LogP contribution is -2.36. The summed E-state index contributed by atoms with van der Waals surface area (Å²) >= 11 is 0. The van der Waals surface area contributed by atoms with Gasteiger partial charge in [-0.25, -0.2) is 4.79 Å². The third kappa shape index (κ3) is 5.74. The van der Waals surface area contributed by atoms with Gasteiger partial charge in [-0.2, -0.15) is 0 Å². The van der Waals surface area contributed by atoms with Gasteiger partial charge in [0.25, 0.3) is 5.56 Å². The largest absolute Gasteiger partial charge is 0.399 e. The number of nitrogen functional groups attached to an aromatic ring is 1. The summed E-state index contributed by atoms with van der Waals surface area (Å²) in [5.74, 6) is 5.93. The van der Waals surface area contributed by atoms with Gasteiger partial charge in [0.05, 0.1) is 0 Å². The fourth-order valence-electron chi connectivity index (χ4n) is 3.62. The van der Waals surface area contributed by atoms with Gasteiger partial charge in [-0.05, 0) is 50.1 Å². The number of nitrogens with zero attached hydrogens (tertiary/aromatic N) is 1. The minimum Gasteiger partial charge on any atom is -0.399 e. The van der Waals surface area contributed by atoms with Gasteiger partial charge in [-0.15, -0.1) is 0 Å². The van der Waals surface area contributed by atoms with Crippen LogP contribution in [0.25, 0.3) is 0 Å². The van der Waals surface area contributed by atoms with E-state index in [9.17, 15) is 9.59 Å². The van der Waals surface area contributed by atoms with E-state index < -0.39 is 5.69 Å². The Labute approximate surface area is 181 Å². The molecule has 1 aromatic heterocycles. The summed E-state index contributed by atoms with van der Waals surface area (Å²) in [5.41, 5.74) is 11.0. The highest BCUT2D eigenvalue weighted by Gasteiger charge is 2.14. The molecule has 0 bridgehead atoms. The van der Waals surface area contributed by atoms with Crippen LogP contribution in [0, 0.1) is 25.7 Å². The predicted octanol–water partition coefficient (Wildman–Crippen LogP) is 2.91. The Morgan fingerprint density at radius 3 is 2.39 bits per heavy atom. The van der Waals surface area contributed by atoms with Gasteiger partial charge in [-0.3, -0.25) is 14.3 Å². The number of hydrogen-bond acceptors (Lipinski definition) is 4. The van der Waals surface area contributed by atoms with E-state index in [-0.39, 0.29) is 18.9 Å². The Bertz CT molecular complexity index is 1220. The SMILES string of the molecule is CCc1c(Cc2cc(C)cc(C)c2)n(COCC#Cc2ccc(N)cc2)c(=O)[nH]c1=O. The van der Waals surface area contributed by atoms with Crippen LogP contribution in [0.3, 0.4) is 0 Å². The van der Waals surface area contributed by atoms with Crippen LogP contribution in [0.2, 0.25) is 0 Å². The Kier molecular flexibility index (Phi) is 7.11. The topological polar surface area (TPSA) is 90.1 Å². The number of aromatic nitrogens is 2. The molecule has 2 aromatic carbocycles. The molecule has 3 N–H and O–H groups in total. The van der Waals surface area contributed by atoms with Gasteiger partial charge in [0.2, 0.25) is 0 Å². The number of rotatable bonds is 6. The fraction of sp³-hybridized carbons (Fsp3) is 0.280. The number of ether oxygens (including phenoxy) is 1. The highest BCUT2D eigenvalue weighted by Crippen LogP contribution is 2.15. The molecule has 6 heteroatoms. The number of anilines is 1. The Morgan fingerprint density at radius 2 is 1.74 bits per heavy atom. The quantitative estimate of drug-likeness (QED) is 0.367. The van der Waals surface area contributed by atoms with Crippen LogP contribution in [0.15, 0.2) is 52.1 Å². The summed E-state index contributed by atoms with van der Waals surface area (Å²) in [6.45, 7) is 6.14. The number of benzene rings is 2. The van der Waals surface area contributed by atoms with Crippen molar-refractivity contribution in [3.8, 4) is 11.8 Å². The Morgan fingerprint density at radius 1 is 1.06 bits per heavy atom. The first-order chi connectivity index (χ1) is 14.9. The Balaban J connectivity index is 1.83. The van der Waals surface area contributed by atoms with Crippen LogP contribution in [-0.2, 0) is 24.3 Å². The summed E-state index contributed by atoms with van der Waals surface area (Å²) < 4.78 is 7.14. The molecule has 0 spiro atoms. The molecule has 31 heavy (non-hydrogen) atoms. The van der Waals surface area contributed by atoms with E-state index in [1.54, 1.807) is 12.1 Å². The van der Waals surface area contributed by atoms with Gasteiger partial charge in [0.1, 0.15) is 13.3 Å². The first kappa shape index (κ1) is 22.1. The zero-order chi connectivity index (χ0) is 22.4. The lowest BCUT2D eigenvalue weighted by molar-refractivity contribution is 0.0980. The first-order valence-corrected chi connectivity index (χ1v) is 10.2. The molecule has 3 rings (SSSR count). The molecule has 0 atom stereocenters. The first-order valence-electron chi connectivity index (χ1n) is 10.2. The Hall–Kier alpha value is -3.56. The highest BCUT2D eigenvalue weighted by molar-refractivity contribution is 5.44. The number of aromatic amines is 1. The molecule has 0 fully saturated rings. The summed E-state index contributed by atoms with van der Waals surface area (Å²) in [4.78, 5) is 27.3. The maximum atomic E-state index is 12.5. The molecule has 0 radical (unpaired) electrons. The van der Waals surface area contributed by atoms with E-state index in [1.165, 1.54) is 4.57 Å². The normalized spacial score (nSPS) is 10.5. The molecule has 0 aliphatic heterocycles. The monoisotopic (exact) mass is 417 g/mol. The standard InChI is InChI=1S/C25H27N3O3/c1-4-22-23(15-20-13-17(2)12-18(3)14-20)28(25(30)27-24(22)29)16-31-11-5-6-19-7-9-21(26)10-8-19/h7-10,12-14H,4,11,15-16,26H2,1-3H3,(H,27,29,30). The van der Waals surface area contributed by atoms with Crippen molar-refractivity contribution in [2.75, 3.05) is 12.3 Å². The summed E-state index contributed by atoms with van der Waals surface area (Å²) in [7, 11) is 0. The van der Waals surface area contributed by atoms with Crippen molar-refractivity contribution in [2.24, 2.45) is 0 Å². The minimum absolute atomic E-state index is 0.0131. The number of H-pyrrole nitrogens is 1. The minimum atomic E-state index is -0.479. The molecule has 6 nitrogen and oxygen atoms in total. The predicted molar refractivity (Wildman–Crippen MR) is 123 cm³/mol. The number of nitrogens with one attached hydrogen (secondary N) is 1. The van der Waals surface area contributed by atoms with Gasteiger partial charge in [0.15, 0.2) is 0 Å². The zero-order valence-electron chi connectivity index (χ0n) is 18.1. The average molecular weight is 418 g/mol. The van der Waals surface area contributed by atoms with E-state index in [1.807, 2.05) is 32.9 Å². The molecule has 1 heterocycles. The molecule has 160 valence electrons. The lowest BCUT2D eigenvalue weighted by atomic mass is 10.0. The second kappa shape index (κ2) is 9.96. The molecular weight excluding hydrogens is 390 g/mol. The highest BCUT2D eigenvalue weighted by atomic mass is 16.5. The van der Waals surface area contributed by atoms with Crippen molar-refractivity contribution < 1.29 is 4.74 Å². The van der Waals surface area contributed by atoms with Gasteiger partial charge >= 0.3 is 5.69 Å². The molecule has 0 aliphatic rings. The molecule has 3 aromatic rings. The fourth-order valence-corrected chi connectivity index (χ4v) is 3.62. The second-order valence-electron chi connectivity index (χ2n) is 7.54. The van der Waals surface area contributed by atoms with Crippen molar-refractivity contribution in [3.05, 3.63) is 96.8 Å². The lowest BCUT2D eigenvalue weighted by Gasteiger charge is -2.16. The number of aryl methyl sites for hydroxylation is 2. The molecule has 0 saturated carbocycles. The van der Waals surface area contributed by atoms with Crippen LogP contribution >= 0.6 is 0 Å².